The van der Waals surface area contributed by atoms with Crippen LogP contribution in [0.15, 0.2) is 17.2 Å². The molecule has 0 N–H and O–H groups in total. The van der Waals surface area contributed by atoms with Crippen molar-refractivity contribution in [3.63, 3.8) is 0 Å². The van der Waals surface area contributed by atoms with Crippen LogP contribution in [0.1, 0.15) is 0 Å². The summed E-state index contributed by atoms with van der Waals surface area (Å²) >= 11 is 0. The van der Waals surface area contributed by atoms with Crippen LogP contribution < -0.4 is 0 Å². The molecule has 0 unspecified atom stereocenters. The maximum Gasteiger partial charge on any atom is 0.216 e. The molecule has 0 saturated carbocycles. The lowest BCUT2D eigenvalue weighted by Crippen LogP contribution is -1.75. The van der Waals surface area contributed by atoms with Crippen LogP contribution >= 0.6 is 0 Å². The van der Waals surface area contributed by atoms with Crippen LogP contribution in [0, 0.1) is 0 Å². The molecule has 0 radical (unpaired) electrons. The number of rotatable bonds is 0. The Balaban J connectivity index is 3.06. The average molecular weight is 110 g/mol. The van der Waals surface area contributed by atoms with E-state index >= 15 is 0 Å². The molecular formula is C3H2N4O. The summed E-state index contributed by atoms with van der Waals surface area (Å²) in [6, 6.07) is 0. The van der Waals surface area contributed by atoms with Crippen molar-refractivity contribution in [1.82, 2.24) is 19.9 Å². The van der Waals surface area contributed by atoms with Crippen molar-refractivity contribution in [3.8, 4) is 0 Å². The lowest BCUT2D eigenvalue weighted by molar-refractivity contribution is 0.245. The zero-order valence-corrected chi connectivity index (χ0v) is 3.85. The van der Waals surface area contributed by atoms with Crippen LogP contribution in [0.5, 0.6) is 0 Å². The molecule has 0 atom stereocenters. The van der Waals surface area contributed by atoms with Crippen LogP contribution in [0.4, 0.5) is 0 Å². The van der Waals surface area contributed by atoms with Crippen LogP contribution in [0.2, 0.25) is 0 Å². The van der Waals surface area contributed by atoms with Crippen LogP contribution in [-0.4, -0.2) is 19.9 Å². The van der Waals surface area contributed by atoms with Gasteiger partial charge < -0.3 is 0 Å². The fourth-order valence-corrected chi connectivity index (χ4v) is 0.501. The molecule has 2 aromatic rings. The fraction of sp³-hybridized carbons (Fsp3) is 0. The van der Waals surface area contributed by atoms with Crippen molar-refractivity contribution >= 4 is 5.65 Å². The average Bonchev–Trinajstić information content (AvgIpc) is 2.15. The summed E-state index contributed by atoms with van der Waals surface area (Å²) in [6.07, 6.45) is 2.90. The molecule has 0 aliphatic carbocycles. The second-order valence-electron chi connectivity index (χ2n) is 1.31. The van der Waals surface area contributed by atoms with Gasteiger partial charge in [0.05, 0.1) is 0 Å². The number of aromatic nitrogens is 4. The molecule has 0 bridgehead atoms. The van der Waals surface area contributed by atoms with Gasteiger partial charge in [-0.05, 0) is 4.69 Å². The molecule has 0 saturated heterocycles. The molecule has 2 rings (SSSR count). The van der Waals surface area contributed by atoms with Crippen LogP contribution in [0.3, 0.4) is 0 Å². The van der Waals surface area contributed by atoms with Gasteiger partial charge in [-0.2, -0.15) is 0 Å². The first-order valence-corrected chi connectivity index (χ1v) is 2.08. The lowest BCUT2D eigenvalue weighted by Gasteiger charge is -1.66. The zero-order valence-electron chi connectivity index (χ0n) is 3.85. The second kappa shape index (κ2) is 1.06. The van der Waals surface area contributed by atoms with Gasteiger partial charge in [-0.25, -0.2) is 9.61 Å². The van der Waals surface area contributed by atoms with E-state index in [4.69, 9.17) is 0 Å². The van der Waals surface area contributed by atoms with E-state index in [9.17, 15) is 0 Å². The lowest BCUT2D eigenvalue weighted by atomic mass is 10.8. The van der Waals surface area contributed by atoms with Crippen molar-refractivity contribution in [3.05, 3.63) is 12.5 Å². The molecule has 8 heavy (non-hydrogen) atoms. The minimum atomic E-state index is 0.630. The topological polar surface area (TPSA) is 56.2 Å². The first-order chi connectivity index (χ1) is 3.97. The highest BCUT2D eigenvalue weighted by atomic mass is 16.6. The first kappa shape index (κ1) is 3.59. The van der Waals surface area contributed by atoms with E-state index in [1.807, 2.05) is 0 Å². The number of hydrogen-bond acceptors (Lipinski definition) is 4. The smallest absolute Gasteiger partial charge is 0.216 e. The van der Waals surface area contributed by atoms with Gasteiger partial charge in [0.1, 0.15) is 12.5 Å². The summed E-state index contributed by atoms with van der Waals surface area (Å²) < 4.78 is 5.79. The molecule has 2 heterocycles. The molecule has 40 valence electrons. The normalized spacial score (nSPS) is 10.5. The fourth-order valence-electron chi connectivity index (χ4n) is 0.501. The minimum absolute atomic E-state index is 0.630. The standard InChI is InChI=1S/C3H2N4O/c1-3-4-2-5-7(3)8-6-1/h1-2H. The van der Waals surface area contributed by atoms with E-state index in [0.717, 1.165) is 0 Å². The van der Waals surface area contributed by atoms with Crippen molar-refractivity contribution in [2.75, 3.05) is 0 Å². The van der Waals surface area contributed by atoms with E-state index in [0.29, 0.717) is 5.65 Å². The minimum Gasteiger partial charge on any atom is -0.243 e. The molecular weight excluding hydrogens is 108 g/mol. The van der Waals surface area contributed by atoms with Crippen molar-refractivity contribution in [2.24, 2.45) is 0 Å². The number of hydrogen-bond donors (Lipinski definition) is 0. The van der Waals surface area contributed by atoms with E-state index in [1.165, 1.54) is 17.2 Å². The Morgan fingerprint density at radius 1 is 1.62 bits per heavy atom. The maximum atomic E-state index is 4.55. The highest BCUT2D eigenvalue weighted by Crippen LogP contribution is 1.90. The molecule has 0 fully saturated rings. The summed E-state index contributed by atoms with van der Waals surface area (Å²) in [5, 5.41) is 7.08. The predicted octanol–water partition coefficient (Wildman–Crippen LogP) is -0.283. The zero-order chi connectivity index (χ0) is 5.40. The van der Waals surface area contributed by atoms with Gasteiger partial charge in [-0.15, -0.1) is 5.10 Å². The van der Waals surface area contributed by atoms with Gasteiger partial charge in [0.25, 0.3) is 0 Å². The van der Waals surface area contributed by atoms with Gasteiger partial charge in [-0.1, -0.05) is 5.16 Å². The maximum absolute atomic E-state index is 4.55. The molecule has 5 nitrogen and oxygen atoms in total. The van der Waals surface area contributed by atoms with Gasteiger partial charge in [0.15, 0.2) is 0 Å². The summed E-state index contributed by atoms with van der Waals surface area (Å²) in [5.74, 6) is 0. The summed E-state index contributed by atoms with van der Waals surface area (Å²) in [4.78, 5) is 3.77. The Kier molecular flexibility index (Phi) is 0.476. The Morgan fingerprint density at radius 2 is 2.62 bits per heavy atom. The molecule has 0 aliphatic rings. The van der Waals surface area contributed by atoms with E-state index < -0.39 is 0 Å². The van der Waals surface area contributed by atoms with E-state index in [1.54, 1.807) is 0 Å². The Bertz CT molecular complexity index is 233. The third-order valence-corrected chi connectivity index (χ3v) is 0.835. The van der Waals surface area contributed by atoms with E-state index in [-0.39, 0.29) is 0 Å². The van der Waals surface area contributed by atoms with Crippen LogP contribution in [0.25, 0.3) is 5.65 Å². The molecule has 5 heteroatoms. The van der Waals surface area contributed by atoms with E-state index in [2.05, 4.69) is 19.9 Å². The quantitative estimate of drug-likeness (QED) is 0.468. The third kappa shape index (κ3) is 0.281. The summed E-state index contributed by atoms with van der Waals surface area (Å²) in [6.45, 7) is 0. The number of fused-ring (bicyclic) bond motifs is 1. The van der Waals surface area contributed by atoms with Crippen molar-refractivity contribution in [1.29, 1.82) is 0 Å². The molecule has 0 amide bonds. The molecule has 0 aromatic carbocycles. The molecule has 0 aliphatic heterocycles. The predicted molar refractivity (Wildman–Crippen MR) is 23.0 cm³/mol. The van der Waals surface area contributed by atoms with Gasteiger partial charge in [0, 0.05) is 0 Å². The molecule has 2 aromatic heterocycles. The largest absolute Gasteiger partial charge is 0.243 e. The van der Waals surface area contributed by atoms with Gasteiger partial charge in [-0.3, -0.25) is 0 Å². The van der Waals surface area contributed by atoms with Crippen molar-refractivity contribution < 1.29 is 4.63 Å². The summed E-state index contributed by atoms with van der Waals surface area (Å²) in [7, 11) is 0. The highest BCUT2D eigenvalue weighted by Gasteiger charge is 1.93. The highest BCUT2D eigenvalue weighted by molar-refractivity contribution is 5.28. The Labute approximate surface area is 43.9 Å². The summed E-state index contributed by atoms with van der Waals surface area (Å²) in [5.41, 5.74) is 0.630. The molecule has 0 spiro atoms. The first-order valence-electron chi connectivity index (χ1n) is 2.08. The van der Waals surface area contributed by atoms with Gasteiger partial charge >= 0.3 is 0 Å². The second-order valence-corrected chi connectivity index (χ2v) is 1.31. The number of nitrogens with zero attached hydrogens (tertiary/aromatic N) is 4. The monoisotopic (exact) mass is 110 g/mol. The SMILES string of the molecule is c1nc2cnon2n1. The van der Waals surface area contributed by atoms with Gasteiger partial charge in [0.2, 0.25) is 5.65 Å². The Morgan fingerprint density at radius 3 is 3.50 bits per heavy atom. The van der Waals surface area contributed by atoms with Crippen molar-refractivity contribution in [2.45, 2.75) is 0 Å². The third-order valence-electron chi connectivity index (χ3n) is 0.835. The van der Waals surface area contributed by atoms with Crippen LogP contribution in [-0.2, 0) is 0 Å². The Hall–Kier alpha value is -1.39.